The van der Waals surface area contributed by atoms with Crippen molar-refractivity contribution in [3.05, 3.63) is 74.3 Å². The van der Waals surface area contributed by atoms with E-state index in [1.165, 1.54) is 0 Å². The van der Waals surface area contributed by atoms with Gasteiger partial charge in [-0.1, -0.05) is 40.5 Å². The van der Waals surface area contributed by atoms with E-state index < -0.39 is 0 Å². The Bertz CT molecular complexity index is 1060. The number of fused-ring (bicyclic) bond motifs is 1. The van der Waals surface area contributed by atoms with Gasteiger partial charge in [0.1, 0.15) is 5.69 Å². The van der Waals surface area contributed by atoms with Crippen molar-refractivity contribution in [2.75, 3.05) is 6.54 Å². The van der Waals surface area contributed by atoms with E-state index in [0.29, 0.717) is 36.6 Å². The monoisotopic (exact) mass is 415 g/mol. The van der Waals surface area contributed by atoms with Crippen molar-refractivity contribution >= 4 is 29.1 Å². The molecular weight excluding hydrogens is 397 g/mol. The minimum atomic E-state index is -0.149. The largest absolute Gasteiger partial charge is 0.332 e. The van der Waals surface area contributed by atoms with Crippen molar-refractivity contribution in [2.45, 2.75) is 33.4 Å². The fourth-order valence-corrected chi connectivity index (χ4v) is 3.84. The van der Waals surface area contributed by atoms with Gasteiger partial charge < -0.3 is 4.90 Å². The van der Waals surface area contributed by atoms with Crippen LogP contribution in [0.5, 0.6) is 0 Å². The van der Waals surface area contributed by atoms with Crippen LogP contribution in [0.4, 0.5) is 0 Å². The highest BCUT2D eigenvalue weighted by molar-refractivity contribution is 6.43. The molecule has 0 bridgehead atoms. The van der Waals surface area contributed by atoms with Gasteiger partial charge in [0, 0.05) is 19.2 Å². The Morgan fingerprint density at radius 2 is 2.07 bits per heavy atom. The molecule has 2 aromatic heterocycles. The summed E-state index contributed by atoms with van der Waals surface area (Å²) in [5.74, 6) is -0.149. The molecule has 6 nitrogen and oxygen atoms in total. The highest BCUT2D eigenvalue weighted by Crippen LogP contribution is 2.28. The first-order chi connectivity index (χ1) is 13.4. The van der Waals surface area contributed by atoms with Gasteiger partial charge in [-0.3, -0.25) is 9.78 Å². The summed E-state index contributed by atoms with van der Waals surface area (Å²) in [6.45, 7) is 5.62. The highest BCUT2D eigenvalue weighted by atomic mass is 35.5. The van der Waals surface area contributed by atoms with E-state index in [1.54, 1.807) is 23.1 Å². The van der Waals surface area contributed by atoms with E-state index >= 15 is 0 Å². The van der Waals surface area contributed by atoms with Crippen LogP contribution in [0.2, 0.25) is 10.0 Å². The smallest absolute Gasteiger partial charge is 0.255 e. The van der Waals surface area contributed by atoms with E-state index in [4.69, 9.17) is 23.2 Å². The number of hydrogen-bond donors (Lipinski definition) is 0. The van der Waals surface area contributed by atoms with Crippen LogP contribution in [0, 0.1) is 13.8 Å². The number of aromatic nitrogens is 4. The fraction of sp³-hybridized carbons (Fsp3) is 0.300. The molecule has 0 saturated heterocycles. The molecule has 0 N–H and O–H groups in total. The van der Waals surface area contributed by atoms with E-state index in [1.807, 2.05) is 24.7 Å². The Morgan fingerprint density at radius 1 is 1.25 bits per heavy atom. The number of nitrogens with zero attached hydrogens (tertiary/aromatic N) is 5. The lowest BCUT2D eigenvalue weighted by molar-refractivity contribution is 0.0731. The maximum absolute atomic E-state index is 12.9. The lowest BCUT2D eigenvalue weighted by atomic mass is 10.1. The van der Waals surface area contributed by atoms with Crippen LogP contribution in [-0.2, 0) is 19.5 Å². The lowest BCUT2D eigenvalue weighted by Crippen LogP contribution is -2.36. The topological polar surface area (TPSA) is 63.9 Å². The quantitative estimate of drug-likeness (QED) is 0.651. The minimum Gasteiger partial charge on any atom is -0.332 e. The maximum Gasteiger partial charge on any atom is 0.255 e. The van der Waals surface area contributed by atoms with Crippen molar-refractivity contribution < 1.29 is 4.79 Å². The molecule has 1 aliphatic heterocycles. The lowest BCUT2D eigenvalue weighted by Gasteiger charge is -2.27. The van der Waals surface area contributed by atoms with Gasteiger partial charge in [0.2, 0.25) is 0 Å². The Kier molecular flexibility index (Phi) is 5.08. The Balaban J connectivity index is 1.54. The van der Waals surface area contributed by atoms with Gasteiger partial charge in [0.05, 0.1) is 40.1 Å². The van der Waals surface area contributed by atoms with Gasteiger partial charge in [0.25, 0.3) is 5.91 Å². The molecule has 0 atom stereocenters. The number of rotatable bonds is 3. The van der Waals surface area contributed by atoms with Crippen LogP contribution in [0.1, 0.15) is 38.6 Å². The zero-order valence-electron chi connectivity index (χ0n) is 15.6. The van der Waals surface area contributed by atoms with E-state index in [9.17, 15) is 4.79 Å². The van der Waals surface area contributed by atoms with Crippen molar-refractivity contribution in [1.82, 2.24) is 24.9 Å². The molecule has 1 amide bonds. The van der Waals surface area contributed by atoms with E-state index in [0.717, 1.165) is 28.2 Å². The zero-order valence-corrected chi connectivity index (χ0v) is 17.1. The average molecular weight is 416 g/mol. The number of hydrogen-bond acceptors (Lipinski definition) is 4. The Labute approximate surface area is 173 Å². The van der Waals surface area contributed by atoms with Gasteiger partial charge in [0.15, 0.2) is 0 Å². The van der Waals surface area contributed by atoms with Crippen LogP contribution in [-0.4, -0.2) is 37.3 Å². The summed E-state index contributed by atoms with van der Waals surface area (Å²) < 4.78 is 1.88. The number of halogens is 2. The fourth-order valence-electron chi connectivity index (χ4n) is 3.46. The third kappa shape index (κ3) is 3.50. The van der Waals surface area contributed by atoms with E-state index in [-0.39, 0.29) is 10.9 Å². The number of aryl methyl sites for hydroxylation is 2. The molecule has 3 heterocycles. The normalized spacial score (nSPS) is 13.5. The summed E-state index contributed by atoms with van der Waals surface area (Å²) in [4.78, 5) is 19.1. The molecule has 0 spiro atoms. The SMILES string of the molecule is Cc1cnc(Cn2nnc3c2CCN(C(=O)c2cccc(Cl)c2Cl)C3)c(C)c1. The van der Waals surface area contributed by atoms with Gasteiger partial charge in [-0.2, -0.15) is 0 Å². The van der Waals surface area contributed by atoms with Crippen LogP contribution in [0.25, 0.3) is 0 Å². The predicted molar refractivity (Wildman–Crippen MR) is 108 cm³/mol. The maximum atomic E-state index is 12.9. The third-order valence-electron chi connectivity index (χ3n) is 4.97. The molecule has 4 rings (SSSR count). The summed E-state index contributed by atoms with van der Waals surface area (Å²) in [7, 11) is 0. The van der Waals surface area contributed by atoms with Crippen molar-refractivity contribution in [2.24, 2.45) is 0 Å². The Morgan fingerprint density at radius 3 is 2.86 bits per heavy atom. The first kappa shape index (κ1) is 18.9. The standard InChI is InChI=1S/C20H19Cl2N5O/c1-12-8-13(2)16(23-9-12)11-27-18-6-7-26(10-17(18)24-25-27)20(28)14-4-3-5-15(21)19(14)22/h3-5,8-9H,6-7,10-11H2,1-2H3. The van der Waals surface area contributed by atoms with Gasteiger partial charge >= 0.3 is 0 Å². The molecule has 144 valence electrons. The number of benzene rings is 1. The number of amides is 1. The minimum absolute atomic E-state index is 0.149. The predicted octanol–water partition coefficient (Wildman–Crippen LogP) is 3.84. The average Bonchev–Trinajstić information content (AvgIpc) is 3.08. The Hall–Kier alpha value is -2.44. The highest BCUT2D eigenvalue weighted by Gasteiger charge is 2.27. The molecule has 8 heteroatoms. The summed E-state index contributed by atoms with van der Waals surface area (Å²) in [5, 5.41) is 9.25. The molecule has 0 radical (unpaired) electrons. The first-order valence-electron chi connectivity index (χ1n) is 9.00. The summed E-state index contributed by atoms with van der Waals surface area (Å²) >= 11 is 12.3. The molecule has 0 aliphatic carbocycles. The second-order valence-corrected chi connectivity index (χ2v) is 7.78. The van der Waals surface area contributed by atoms with Crippen LogP contribution in [0.15, 0.2) is 30.5 Å². The second kappa shape index (κ2) is 7.53. The summed E-state index contributed by atoms with van der Waals surface area (Å²) in [6.07, 6.45) is 2.54. The molecule has 0 fully saturated rings. The number of carbonyl (C=O) groups excluding carboxylic acids is 1. The molecule has 1 aliphatic rings. The zero-order chi connectivity index (χ0) is 19.8. The third-order valence-corrected chi connectivity index (χ3v) is 5.79. The second-order valence-electron chi connectivity index (χ2n) is 6.99. The molecule has 1 aromatic carbocycles. The van der Waals surface area contributed by atoms with E-state index in [2.05, 4.69) is 21.4 Å². The molecule has 28 heavy (non-hydrogen) atoms. The van der Waals surface area contributed by atoms with Crippen molar-refractivity contribution in [3.63, 3.8) is 0 Å². The molecular formula is C20H19Cl2N5O. The van der Waals surface area contributed by atoms with Gasteiger partial charge in [-0.05, 0) is 37.1 Å². The summed E-state index contributed by atoms with van der Waals surface area (Å²) in [5.41, 5.74) is 5.50. The van der Waals surface area contributed by atoms with Gasteiger partial charge in [-0.25, -0.2) is 4.68 Å². The van der Waals surface area contributed by atoms with Crippen LogP contribution < -0.4 is 0 Å². The number of pyridine rings is 1. The number of carbonyl (C=O) groups is 1. The van der Waals surface area contributed by atoms with Crippen LogP contribution in [0.3, 0.4) is 0 Å². The molecule has 0 unspecified atom stereocenters. The van der Waals surface area contributed by atoms with Crippen molar-refractivity contribution in [1.29, 1.82) is 0 Å². The van der Waals surface area contributed by atoms with Crippen molar-refractivity contribution in [3.8, 4) is 0 Å². The summed E-state index contributed by atoms with van der Waals surface area (Å²) in [6, 6.07) is 7.20. The molecule has 3 aromatic rings. The first-order valence-corrected chi connectivity index (χ1v) is 9.76. The molecule has 0 saturated carbocycles. The van der Waals surface area contributed by atoms with Gasteiger partial charge in [-0.15, -0.1) is 5.10 Å². The van der Waals surface area contributed by atoms with Crippen LogP contribution >= 0.6 is 23.2 Å².